The van der Waals surface area contributed by atoms with E-state index in [1.807, 2.05) is 12.1 Å². The normalized spacial score (nSPS) is 20.1. The van der Waals surface area contributed by atoms with Crippen LogP contribution in [0.15, 0.2) is 18.2 Å². The maximum atomic E-state index is 9.15. The average molecular weight is 269 g/mol. The highest BCUT2D eigenvalue weighted by molar-refractivity contribution is 5.83. The highest BCUT2D eigenvalue weighted by atomic mass is 15.2. The summed E-state index contributed by atoms with van der Waals surface area (Å²) in [6.07, 6.45) is 2.46. The number of piperidine rings is 1. The van der Waals surface area contributed by atoms with Crippen LogP contribution >= 0.6 is 0 Å². The van der Waals surface area contributed by atoms with Gasteiger partial charge in [-0.25, -0.2) is 4.98 Å². The summed E-state index contributed by atoms with van der Waals surface area (Å²) in [6, 6.07) is 7.85. The first-order chi connectivity index (χ1) is 9.69. The van der Waals surface area contributed by atoms with Crippen LogP contribution in [-0.2, 0) is 6.54 Å². The molecule has 5 nitrogen and oxygen atoms in total. The monoisotopic (exact) mass is 269 g/mol. The lowest BCUT2D eigenvalue weighted by Gasteiger charge is -2.30. The predicted octanol–water partition coefficient (Wildman–Crippen LogP) is 1.83. The predicted molar refractivity (Wildman–Crippen MR) is 79.1 cm³/mol. The lowest BCUT2D eigenvalue weighted by molar-refractivity contribution is 0.196. The average Bonchev–Trinajstić information content (AvgIpc) is 2.75. The van der Waals surface area contributed by atoms with Crippen molar-refractivity contribution >= 4 is 17.0 Å². The number of rotatable bonds is 2. The Hall–Kier alpha value is -2.06. The fourth-order valence-electron chi connectivity index (χ4n) is 3.13. The third kappa shape index (κ3) is 2.23. The summed E-state index contributed by atoms with van der Waals surface area (Å²) in [4.78, 5) is 6.74. The molecule has 0 radical (unpaired) electrons. The SMILES string of the molecule is CN1CCCC(Cn2c(N)nc3c(C#N)cccc32)C1. The minimum absolute atomic E-state index is 0.510. The lowest BCUT2D eigenvalue weighted by Crippen LogP contribution is -2.34. The van der Waals surface area contributed by atoms with Crippen LogP contribution in [0.25, 0.3) is 11.0 Å². The maximum Gasteiger partial charge on any atom is 0.201 e. The Morgan fingerprint density at radius 2 is 2.35 bits per heavy atom. The number of hydrogen-bond donors (Lipinski definition) is 1. The molecule has 0 aliphatic carbocycles. The van der Waals surface area contributed by atoms with Crippen molar-refractivity contribution in [3.63, 3.8) is 0 Å². The van der Waals surface area contributed by atoms with E-state index in [1.54, 1.807) is 6.07 Å². The fraction of sp³-hybridized carbons (Fsp3) is 0.467. The first-order valence-electron chi connectivity index (χ1n) is 7.02. The van der Waals surface area contributed by atoms with E-state index in [1.165, 1.54) is 19.4 Å². The van der Waals surface area contributed by atoms with Crippen molar-refractivity contribution in [2.75, 3.05) is 25.9 Å². The molecule has 1 aromatic carbocycles. The Bertz CT molecular complexity index is 667. The summed E-state index contributed by atoms with van der Waals surface area (Å²) < 4.78 is 2.06. The van der Waals surface area contributed by atoms with E-state index in [9.17, 15) is 0 Å². The minimum Gasteiger partial charge on any atom is -0.369 e. The topological polar surface area (TPSA) is 70.9 Å². The number of nitrogen functional groups attached to an aromatic ring is 1. The molecule has 3 rings (SSSR count). The van der Waals surface area contributed by atoms with Crippen molar-refractivity contribution < 1.29 is 0 Å². The Balaban J connectivity index is 1.95. The lowest BCUT2D eigenvalue weighted by atomic mass is 9.98. The van der Waals surface area contributed by atoms with Crippen molar-refractivity contribution in [1.82, 2.24) is 14.5 Å². The Morgan fingerprint density at radius 3 is 3.10 bits per heavy atom. The van der Waals surface area contributed by atoms with E-state index in [2.05, 4.69) is 27.6 Å². The molecule has 1 fully saturated rings. The maximum absolute atomic E-state index is 9.15. The van der Waals surface area contributed by atoms with Crippen molar-refractivity contribution in [1.29, 1.82) is 5.26 Å². The van der Waals surface area contributed by atoms with Gasteiger partial charge in [-0.2, -0.15) is 5.26 Å². The van der Waals surface area contributed by atoms with Crippen LogP contribution in [0.2, 0.25) is 0 Å². The number of nitriles is 1. The zero-order valence-electron chi connectivity index (χ0n) is 11.7. The van der Waals surface area contributed by atoms with Crippen molar-refractivity contribution in [3.8, 4) is 6.07 Å². The van der Waals surface area contributed by atoms with E-state index in [-0.39, 0.29) is 0 Å². The van der Waals surface area contributed by atoms with Gasteiger partial charge in [-0.1, -0.05) is 6.07 Å². The van der Waals surface area contributed by atoms with Crippen LogP contribution in [0.5, 0.6) is 0 Å². The smallest absolute Gasteiger partial charge is 0.201 e. The van der Waals surface area contributed by atoms with Crippen molar-refractivity contribution in [2.24, 2.45) is 5.92 Å². The standard InChI is InChI=1S/C15H19N5/c1-19-7-3-4-11(9-19)10-20-13-6-2-5-12(8-16)14(13)18-15(20)17/h2,5-6,11H,3-4,7,9-10H2,1H3,(H2,17,18). The molecule has 104 valence electrons. The van der Waals surface area contributed by atoms with Gasteiger partial charge in [0.25, 0.3) is 0 Å². The molecule has 1 aliphatic rings. The van der Waals surface area contributed by atoms with Gasteiger partial charge in [-0.15, -0.1) is 0 Å². The van der Waals surface area contributed by atoms with Gasteiger partial charge in [0.2, 0.25) is 5.95 Å². The van der Waals surface area contributed by atoms with Crippen LogP contribution < -0.4 is 5.73 Å². The molecule has 2 heterocycles. The summed E-state index contributed by atoms with van der Waals surface area (Å²) in [5.41, 5.74) is 8.34. The quantitative estimate of drug-likeness (QED) is 0.903. The van der Waals surface area contributed by atoms with Crippen LogP contribution in [0.4, 0.5) is 5.95 Å². The molecule has 20 heavy (non-hydrogen) atoms. The second-order valence-electron chi connectivity index (χ2n) is 5.64. The van der Waals surface area contributed by atoms with E-state index in [4.69, 9.17) is 11.0 Å². The van der Waals surface area contributed by atoms with E-state index in [0.717, 1.165) is 24.1 Å². The molecule has 0 bridgehead atoms. The Morgan fingerprint density at radius 1 is 1.50 bits per heavy atom. The van der Waals surface area contributed by atoms with E-state index in [0.29, 0.717) is 17.4 Å². The largest absolute Gasteiger partial charge is 0.369 e. The summed E-state index contributed by atoms with van der Waals surface area (Å²) in [5.74, 6) is 1.11. The van der Waals surface area contributed by atoms with Crippen LogP contribution in [-0.4, -0.2) is 34.6 Å². The molecular formula is C15H19N5. The minimum atomic E-state index is 0.510. The van der Waals surface area contributed by atoms with Crippen molar-refractivity contribution in [3.05, 3.63) is 23.8 Å². The number of nitrogens with zero attached hydrogens (tertiary/aromatic N) is 4. The first-order valence-corrected chi connectivity index (χ1v) is 7.02. The summed E-state index contributed by atoms with van der Waals surface area (Å²) in [6.45, 7) is 3.15. The zero-order chi connectivity index (χ0) is 14.1. The summed E-state index contributed by atoms with van der Waals surface area (Å²) in [5, 5.41) is 9.15. The number of likely N-dealkylation sites (tertiary alicyclic amines) is 1. The second kappa shape index (κ2) is 5.14. The molecule has 5 heteroatoms. The van der Waals surface area contributed by atoms with Gasteiger partial charge in [0.1, 0.15) is 11.6 Å². The van der Waals surface area contributed by atoms with Crippen LogP contribution in [0, 0.1) is 17.2 Å². The molecule has 1 atom stereocenters. The third-order valence-electron chi connectivity index (χ3n) is 4.09. The molecule has 1 unspecified atom stereocenters. The number of benzene rings is 1. The van der Waals surface area contributed by atoms with Gasteiger partial charge < -0.3 is 15.2 Å². The van der Waals surface area contributed by atoms with Crippen molar-refractivity contribution in [2.45, 2.75) is 19.4 Å². The van der Waals surface area contributed by atoms with Gasteiger partial charge in [0, 0.05) is 13.1 Å². The Kier molecular flexibility index (Phi) is 3.33. The molecule has 0 saturated carbocycles. The number of hydrogen-bond acceptors (Lipinski definition) is 4. The number of nitrogens with two attached hydrogens (primary N) is 1. The molecule has 1 saturated heterocycles. The first kappa shape index (κ1) is 12.9. The Labute approximate surface area is 118 Å². The summed E-state index contributed by atoms with van der Waals surface area (Å²) in [7, 11) is 2.16. The van der Waals surface area contributed by atoms with Gasteiger partial charge in [-0.05, 0) is 44.5 Å². The molecule has 0 amide bonds. The molecule has 1 aromatic heterocycles. The third-order valence-corrected chi connectivity index (χ3v) is 4.09. The number of fused-ring (bicyclic) bond motifs is 1. The summed E-state index contributed by atoms with van der Waals surface area (Å²) >= 11 is 0. The second-order valence-corrected chi connectivity index (χ2v) is 5.64. The van der Waals surface area contributed by atoms with Gasteiger partial charge in [0.05, 0.1) is 11.1 Å². The number of imidazole rings is 1. The highest BCUT2D eigenvalue weighted by Gasteiger charge is 2.20. The number of aromatic nitrogens is 2. The molecule has 0 spiro atoms. The van der Waals surface area contributed by atoms with Crippen LogP contribution in [0.3, 0.4) is 0 Å². The fourth-order valence-corrected chi connectivity index (χ4v) is 3.13. The molecular weight excluding hydrogens is 250 g/mol. The highest BCUT2D eigenvalue weighted by Crippen LogP contribution is 2.25. The molecule has 2 N–H and O–H groups in total. The van der Waals surface area contributed by atoms with E-state index < -0.39 is 0 Å². The van der Waals surface area contributed by atoms with E-state index >= 15 is 0 Å². The van der Waals surface area contributed by atoms with Gasteiger partial charge >= 0.3 is 0 Å². The number of para-hydroxylation sites is 1. The number of anilines is 1. The molecule has 1 aliphatic heterocycles. The van der Waals surface area contributed by atoms with Gasteiger partial charge in [0.15, 0.2) is 0 Å². The van der Waals surface area contributed by atoms with Crippen LogP contribution in [0.1, 0.15) is 18.4 Å². The molecule has 2 aromatic rings. The van der Waals surface area contributed by atoms with Gasteiger partial charge in [-0.3, -0.25) is 0 Å². The zero-order valence-corrected chi connectivity index (χ0v) is 11.7.